The van der Waals surface area contributed by atoms with Gasteiger partial charge >= 0.3 is 6.61 Å². The maximum absolute atomic E-state index is 12.4. The fraction of sp³-hybridized carbons (Fsp3) is 0.263. The highest BCUT2D eigenvalue weighted by molar-refractivity contribution is 6.33. The van der Waals surface area contributed by atoms with Crippen LogP contribution in [0.25, 0.3) is 0 Å². The summed E-state index contributed by atoms with van der Waals surface area (Å²) < 4.78 is 29.2. The Morgan fingerprint density at radius 3 is 2.54 bits per heavy atom. The summed E-state index contributed by atoms with van der Waals surface area (Å²) in [5.74, 6) is -0.740. The lowest BCUT2D eigenvalue weighted by molar-refractivity contribution is -0.116. The van der Waals surface area contributed by atoms with E-state index in [9.17, 15) is 18.4 Å². The summed E-state index contributed by atoms with van der Waals surface area (Å²) in [5, 5.41) is 8.45. The second-order valence-corrected chi connectivity index (χ2v) is 6.18. The maximum atomic E-state index is 12.4. The molecule has 0 unspecified atom stereocenters. The Labute approximate surface area is 166 Å². The quantitative estimate of drug-likeness (QED) is 0.557. The first-order valence-corrected chi connectivity index (χ1v) is 8.93. The van der Waals surface area contributed by atoms with Crippen molar-refractivity contribution in [1.29, 1.82) is 0 Å². The number of anilines is 3. The Morgan fingerprint density at radius 2 is 1.82 bits per heavy atom. The van der Waals surface area contributed by atoms with Crippen LogP contribution in [0.5, 0.6) is 5.75 Å². The highest BCUT2D eigenvalue weighted by Gasteiger charge is 2.12. The van der Waals surface area contributed by atoms with Gasteiger partial charge in [0.1, 0.15) is 5.75 Å². The number of amides is 2. The number of carbonyl (C=O) groups excluding carboxylic acids is 2. The molecule has 0 aliphatic carbocycles. The minimum absolute atomic E-state index is 0.121. The van der Waals surface area contributed by atoms with Gasteiger partial charge in [0, 0.05) is 12.1 Å². The molecule has 0 spiro atoms. The lowest BCUT2D eigenvalue weighted by Crippen LogP contribution is -2.22. The normalized spacial score (nSPS) is 10.5. The minimum atomic E-state index is -3.00. The molecule has 9 heteroatoms. The third-order valence-electron chi connectivity index (χ3n) is 3.54. The van der Waals surface area contributed by atoms with E-state index in [0.29, 0.717) is 22.8 Å². The molecule has 0 atom stereocenters. The number of alkyl halides is 2. The lowest BCUT2D eigenvalue weighted by Gasteiger charge is -2.13. The Bertz CT molecular complexity index is 834. The number of halogens is 3. The fourth-order valence-electron chi connectivity index (χ4n) is 2.33. The van der Waals surface area contributed by atoms with E-state index in [2.05, 4.69) is 20.7 Å². The van der Waals surface area contributed by atoms with Crippen molar-refractivity contribution in [2.24, 2.45) is 0 Å². The summed E-state index contributed by atoms with van der Waals surface area (Å²) >= 11 is 6.11. The molecule has 0 aliphatic heterocycles. The van der Waals surface area contributed by atoms with Crippen molar-refractivity contribution < 1.29 is 23.1 Å². The van der Waals surface area contributed by atoms with Gasteiger partial charge in [-0.1, -0.05) is 30.7 Å². The Balaban J connectivity index is 1.98. The number of hydrogen-bond donors (Lipinski definition) is 3. The van der Waals surface area contributed by atoms with Gasteiger partial charge in [-0.05, 0) is 36.8 Å². The topological polar surface area (TPSA) is 79.5 Å². The summed E-state index contributed by atoms with van der Waals surface area (Å²) in [6, 6.07) is 10.7. The molecular formula is C19H20ClF2N3O3. The Hall–Kier alpha value is -2.87. The molecule has 0 saturated carbocycles. The molecular weight excluding hydrogens is 392 g/mol. The molecule has 2 aromatic rings. The van der Waals surface area contributed by atoms with Crippen LogP contribution in [0.4, 0.5) is 25.8 Å². The molecule has 150 valence electrons. The zero-order valence-corrected chi connectivity index (χ0v) is 15.9. The van der Waals surface area contributed by atoms with Gasteiger partial charge in [0.25, 0.3) is 0 Å². The van der Waals surface area contributed by atoms with Crippen LogP contribution in [0.15, 0.2) is 42.5 Å². The van der Waals surface area contributed by atoms with Crippen molar-refractivity contribution in [1.82, 2.24) is 0 Å². The monoisotopic (exact) mass is 411 g/mol. The van der Waals surface area contributed by atoms with Crippen LogP contribution in [0.2, 0.25) is 5.02 Å². The van der Waals surface area contributed by atoms with Gasteiger partial charge in [0.05, 0.1) is 22.9 Å². The maximum Gasteiger partial charge on any atom is 0.387 e. The average Bonchev–Trinajstić information content (AvgIpc) is 2.63. The largest absolute Gasteiger partial charge is 0.433 e. The Morgan fingerprint density at radius 1 is 1.07 bits per heavy atom. The molecule has 0 radical (unpaired) electrons. The van der Waals surface area contributed by atoms with Crippen LogP contribution in [0.1, 0.15) is 19.8 Å². The number of rotatable bonds is 9. The van der Waals surface area contributed by atoms with Crippen molar-refractivity contribution in [2.75, 3.05) is 22.5 Å². The summed E-state index contributed by atoms with van der Waals surface area (Å²) in [6.07, 6.45) is 1.12. The fourth-order valence-corrected chi connectivity index (χ4v) is 2.51. The van der Waals surface area contributed by atoms with Crippen molar-refractivity contribution in [3.8, 4) is 5.75 Å². The van der Waals surface area contributed by atoms with Gasteiger partial charge in [-0.25, -0.2) is 0 Å². The molecule has 0 bridgehead atoms. The molecule has 3 N–H and O–H groups in total. The van der Waals surface area contributed by atoms with Gasteiger partial charge in [-0.3, -0.25) is 9.59 Å². The summed E-state index contributed by atoms with van der Waals surface area (Å²) in [4.78, 5) is 23.8. The Kier molecular flexibility index (Phi) is 8.01. The second kappa shape index (κ2) is 10.5. The van der Waals surface area contributed by atoms with E-state index < -0.39 is 12.5 Å². The highest BCUT2D eigenvalue weighted by Crippen LogP contribution is 2.27. The summed E-state index contributed by atoms with van der Waals surface area (Å²) in [7, 11) is 0. The van der Waals surface area contributed by atoms with Gasteiger partial charge in [-0.2, -0.15) is 8.78 Å². The molecule has 6 nitrogen and oxygen atoms in total. The van der Waals surface area contributed by atoms with Gasteiger partial charge in [-0.15, -0.1) is 0 Å². The zero-order chi connectivity index (χ0) is 20.5. The minimum Gasteiger partial charge on any atom is -0.433 e. The SMILES string of the molecule is CCCC(=O)Nc1ccc(Cl)c(NCC(=O)Nc2ccccc2OC(F)F)c1. The first kappa shape index (κ1) is 21.4. The van der Waals surface area contributed by atoms with Crippen molar-refractivity contribution >= 4 is 40.5 Å². The predicted octanol–water partition coefficient (Wildman–Crippen LogP) is 4.73. The van der Waals surface area contributed by atoms with Crippen LogP contribution in [0, 0.1) is 0 Å². The average molecular weight is 412 g/mol. The van der Waals surface area contributed by atoms with E-state index in [1.807, 2.05) is 6.92 Å². The van der Waals surface area contributed by atoms with Crippen molar-refractivity contribution in [3.05, 3.63) is 47.5 Å². The van der Waals surface area contributed by atoms with E-state index in [1.165, 1.54) is 18.2 Å². The molecule has 0 heterocycles. The molecule has 0 aliphatic rings. The number of ether oxygens (including phenoxy) is 1. The first-order valence-electron chi connectivity index (χ1n) is 8.56. The highest BCUT2D eigenvalue weighted by atomic mass is 35.5. The van der Waals surface area contributed by atoms with E-state index in [4.69, 9.17) is 11.6 Å². The number of hydrogen-bond acceptors (Lipinski definition) is 4. The molecule has 0 aromatic heterocycles. The van der Waals surface area contributed by atoms with E-state index in [0.717, 1.165) is 6.42 Å². The third-order valence-corrected chi connectivity index (χ3v) is 3.87. The molecule has 0 saturated heterocycles. The van der Waals surface area contributed by atoms with Crippen LogP contribution in [0.3, 0.4) is 0 Å². The second-order valence-electron chi connectivity index (χ2n) is 5.77. The van der Waals surface area contributed by atoms with Gasteiger partial charge < -0.3 is 20.7 Å². The van der Waals surface area contributed by atoms with E-state index in [-0.39, 0.29) is 23.9 Å². The third kappa shape index (κ3) is 6.70. The van der Waals surface area contributed by atoms with Crippen LogP contribution in [-0.4, -0.2) is 25.0 Å². The van der Waals surface area contributed by atoms with Gasteiger partial charge in [0.2, 0.25) is 11.8 Å². The lowest BCUT2D eigenvalue weighted by atomic mass is 10.2. The molecule has 2 amide bonds. The molecule has 2 aromatic carbocycles. The van der Waals surface area contributed by atoms with Gasteiger partial charge in [0.15, 0.2) is 0 Å². The van der Waals surface area contributed by atoms with Crippen LogP contribution >= 0.6 is 11.6 Å². The standard InChI is InChI=1S/C19H20ClF2N3O3/c1-2-5-17(26)24-12-8-9-13(20)15(10-12)23-11-18(27)25-14-6-3-4-7-16(14)28-19(21)22/h3-4,6-10,19,23H,2,5,11H2,1H3,(H,24,26)(H,25,27). The number of nitrogens with one attached hydrogen (secondary N) is 3. The molecule has 0 fully saturated rings. The van der Waals surface area contributed by atoms with E-state index in [1.54, 1.807) is 24.3 Å². The zero-order valence-electron chi connectivity index (χ0n) is 15.1. The number of carbonyl (C=O) groups is 2. The molecule has 28 heavy (non-hydrogen) atoms. The van der Waals surface area contributed by atoms with Crippen molar-refractivity contribution in [3.63, 3.8) is 0 Å². The molecule has 2 rings (SSSR count). The predicted molar refractivity (Wildman–Crippen MR) is 105 cm³/mol. The van der Waals surface area contributed by atoms with Crippen LogP contribution < -0.4 is 20.7 Å². The van der Waals surface area contributed by atoms with Crippen LogP contribution in [-0.2, 0) is 9.59 Å². The summed E-state index contributed by atoms with van der Waals surface area (Å²) in [6.45, 7) is -1.27. The van der Waals surface area contributed by atoms with Crippen molar-refractivity contribution in [2.45, 2.75) is 26.4 Å². The number of benzene rings is 2. The van der Waals surface area contributed by atoms with E-state index >= 15 is 0 Å². The first-order chi connectivity index (χ1) is 13.4. The summed E-state index contributed by atoms with van der Waals surface area (Å²) in [5.41, 5.74) is 1.12. The smallest absolute Gasteiger partial charge is 0.387 e. The number of para-hydroxylation sites is 2.